The van der Waals surface area contributed by atoms with Gasteiger partial charge in [-0.2, -0.15) is 0 Å². The molecule has 0 radical (unpaired) electrons. The smallest absolute Gasteiger partial charge is 0.184 e. The molecule has 2 N–H and O–H groups in total. The quantitative estimate of drug-likeness (QED) is 0.493. The summed E-state index contributed by atoms with van der Waals surface area (Å²) in [6, 6.07) is 29.3. The Balaban J connectivity index is 1.53. The highest BCUT2D eigenvalue weighted by Gasteiger charge is 2.47. The van der Waals surface area contributed by atoms with E-state index in [9.17, 15) is 10.2 Å². The molecule has 0 bridgehead atoms. The molecular weight excluding hydrogens is 420 g/mol. The molecule has 0 aliphatic carbocycles. The van der Waals surface area contributed by atoms with Gasteiger partial charge in [0, 0.05) is 0 Å². The summed E-state index contributed by atoms with van der Waals surface area (Å²) in [6.07, 6.45) is -4.09. The topological polar surface area (TPSA) is 77.4 Å². The van der Waals surface area contributed by atoms with Crippen molar-refractivity contribution in [1.82, 2.24) is 0 Å². The van der Waals surface area contributed by atoms with Gasteiger partial charge in [0.25, 0.3) is 0 Å². The van der Waals surface area contributed by atoms with Gasteiger partial charge in [0.05, 0.1) is 26.4 Å². The third kappa shape index (κ3) is 6.48. The molecule has 1 saturated heterocycles. The van der Waals surface area contributed by atoms with Gasteiger partial charge in [0.2, 0.25) is 0 Å². The predicted octanol–water partition coefficient (Wildman–Crippen LogP) is 3.45. The Hall–Kier alpha value is -2.58. The highest BCUT2D eigenvalue weighted by Crippen LogP contribution is 2.29. The summed E-state index contributed by atoms with van der Waals surface area (Å²) in [5.74, 6) is 0. The molecule has 1 fully saturated rings. The summed E-state index contributed by atoms with van der Waals surface area (Å²) >= 11 is 0. The molecule has 174 valence electrons. The zero-order chi connectivity index (χ0) is 22.9. The molecule has 3 aromatic rings. The molecule has 0 spiro atoms. The van der Waals surface area contributed by atoms with Crippen LogP contribution >= 0.6 is 0 Å². The summed E-state index contributed by atoms with van der Waals surface area (Å²) in [4.78, 5) is 0. The first-order valence-electron chi connectivity index (χ1n) is 11.2. The van der Waals surface area contributed by atoms with Crippen LogP contribution in [0.25, 0.3) is 0 Å². The van der Waals surface area contributed by atoms with Crippen LogP contribution in [0.3, 0.4) is 0 Å². The van der Waals surface area contributed by atoms with Gasteiger partial charge in [-0.15, -0.1) is 0 Å². The number of aliphatic hydroxyl groups is 2. The van der Waals surface area contributed by atoms with Crippen molar-refractivity contribution in [2.45, 2.75) is 50.5 Å². The first-order chi connectivity index (χ1) is 16.2. The number of hydrogen-bond donors (Lipinski definition) is 2. The highest BCUT2D eigenvalue weighted by atomic mass is 16.7. The summed E-state index contributed by atoms with van der Waals surface area (Å²) in [5, 5.41) is 20.7. The molecule has 33 heavy (non-hydrogen) atoms. The van der Waals surface area contributed by atoms with Crippen LogP contribution in [-0.2, 0) is 38.8 Å². The van der Waals surface area contributed by atoms with Crippen molar-refractivity contribution in [1.29, 1.82) is 0 Å². The molecule has 0 aromatic heterocycles. The lowest BCUT2D eigenvalue weighted by molar-refractivity contribution is -0.315. The van der Waals surface area contributed by atoms with Crippen molar-refractivity contribution in [3.8, 4) is 0 Å². The van der Waals surface area contributed by atoms with Gasteiger partial charge in [-0.3, -0.25) is 0 Å². The Morgan fingerprint density at radius 2 is 0.970 bits per heavy atom. The van der Waals surface area contributed by atoms with E-state index in [-0.39, 0.29) is 13.2 Å². The van der Waals surface area contributed by atoms with Gasteiger partial charge in [-0.1, -0.05) is 91.0 Å². The third-order valence-corrected chi connectivity index (χ3v) is 5.65. The zero-order valence-corrected chi connectivity index (χ0v) is 18.4. The fourth-order valence-corrected chi connectivity index (χ4v) is 3.91. The van der Waals surface area contributed by atoms with Crippen molar-refractivity contribution >= 4 is 0 Å². The number of hydrogen-bond acceptors (Lipinski definition) is 6. The predicted molar refractivity (Wildman–Crippen MR) is 123 cm³/mol. The Morgan fingerprint density at radius 3 is 1.39 bits per heavy atom. The second kappa shape index (κ2) is 12.0. The summed E-state index contributed by atoms with van der Waals surface area (Å²) in [7, 11) is 0. The largest absolute Gasteiger partial charge is 0.394 e. The van der Waals surface area contributed by atoms with E-state index in [4.69, 9.17) is 18.9 Å². The summed E-state index contributed by atoms with van der Waals surface area (Å²) < 4.78 is 24.3. The SMILES string of the molecule is OC[C@@H]1O[C@@H](O)[C@H](OCc2ccccc2)[C@@H](OCc2ccccc2)[C@H]1OCc1ccccc1. The van der Waals surface area contributed by atoms with Crippen LogP contribution in [0.2, 0.25) is 0 Å². The van der Waals surface area contributed by atoms with Gasteiger partial charge < -0.3 is 29.2 Å². The second-order valence-electron chi connectivity index (χ2n) is 8.03. The van der Waals surface area contributed by atoms with Crippen molar-refractivity contribution < 1.29 is 29.2 Å². The van der Waals surface area contributed by atoms with E-state index in [1.807, 2.05) is 91.0 Å². The van der Waals surface area contributed by atoms with Crippen LogP contribution in [0.15, 0.2) is 91.0 Å². The number of aliphatic hydroxyl groups excluding tert-OH is 2. The molecule has 5 atom stereocenters. The standard InChI is InChI=1S/C27H30O6/c28-16-23-24(30-17-20-10-4-1-5-11-20)25(31-18-21-12-6-2-7-13-21)26(27(29)33-23)32-19-22-14-8-3-9-15-22/h1-15,23-29H,16-19H2/t23-,24-,25-,26+,27+/m0/s1. The molecule has 0 amide bonds. The molecule has 1 heterocycles. The maximum absolute atomic E-state index is 10.7. The van der Waals surface area contributed by atoms with E-state index in [1.165, 1.54) is 0 Å². The van der Waals surface area contributed by atoms with Gasteiger partial charge in [0.15, 0.2) is 6.29 Å². The molecule has 1 aliphatic rings. The van der Waals surface area contributed by atoms with E-state index in [1.54, 1.807) is 0 Å². The number of benzene rings is 3. The van der Waals surface area contributed by atoms with Crippen molar-refractivity contribution in [3.05, 3.63) is 108 Å². The minimum absolute atomic E-state index is 0.284. The molecular formula is C27H30O6. The van der Waals surface area contributed by atoms with Crippen LogP contribution in [0.1, 0.15) is 16.7 Å². The van der Waals surface area contributed by atoms with Crippen LogP contribution in [0.4, 0.5) is 0 Å². The zero-order valence-electron chi connectivity index (χ0n) is 18.4. The third-order valence-electron chi connectivity index (χ3n) is 5.65. The van der Waals surface area contributed by atoms with E-state index in [0.717, 1.165) is 16.7 Å². The lowest BCUT2D eigenvalue weighted by Gasteiger charge is -2.44. The maximum atomic E-state index is 10.7. The molecule has 6 heteroatoms. The highest BCUT2D eigenvalue weighted by molar-refractivity contribution is 5.15. The Morgan fingerprint density at radius 1 is 0.576 bits per heavy atom. The Labute approximate surface area is 194 Å². The average Bonchev–Trinajstić information content (AvgIpc) is 2.87. The lowest BCUT2D eigenvalue weighted by atomic mass is 9.98. The van der Waals surface area contributed by atoms with E-state index < -0.39 is 30.7 Å². The Kier molecular flexibility index (Phi) is 8.60. The number of ether oxygens (including phenoxy) is 4. The first-order valence-corrected chi connectivity index (χ1v) is 11.2. The van der Waals surface area contributed by atoms with E-state index in [2.05, 4.69) is 0 Å². The fourth-order valence-electron chi connectivity index (χ4n) is 3.91. The lowest BCUT2D eigenvalue weighted by Crippen LogP contribution is -2.61. The first kappa shape index (κ1) is 23.6. The molecule has 6 nitrogen and oxygen atoms in total. The second-order valence-corrected chi connectivity index (χ2v) is 8.03. The van der Waals surface area contributed by atoms with Gasteiger partial charge in [0.1, 0.15) is 24.4 Å². The van der Waals surface area contributed by atoms with Crippen molar-refractivity contribution in [3.63, 3.8) is 0 Å². The van der Waals surface area contributed by atoms with Gasteiger partial charge in [-0.05, 0) is 16.7 Å². The van der Waals surface area contributed by atoms with Crippen LogP contribution < -0.4 is 0 Å². The molecule has 1 aliphatic heterocycles. The molecule has 0 saturated carbocycles. The fraction of sp³-hybridized carbons (Fsp3) is 0.333. The van der Waals surface area contributed by atoms with E-state index in [0.29, 0.717) is 13.2 Å². The van der Waals surface area contributed by atoms with Gasteiger partial charge >= 0.3 is 0 Å². The van der Waals surface area contributed by atoms with Gasteiger partial charge in [-0.25, -0.2) is 0 Å². The normalized spacial score (nSPS) is 25.1. The van der Waals surface area contributed by atoms with Crippen molar-refractivity contribution in [2.24, 2.45) is 0 Å². The average molecular weight is 451 g/mol. The monoisotopic (exact) mass is 450 g/mol. The minimum Gasteiger partial charge on any atom is -0.394 e. The molecule has 3 aromatic carbocycles. The Bertz CT molecular complexity index is 937. The van der Waals surface area contributed by atoms with Crippen LogP contribution in [0, 0.1) is 0 Å². The number of rotatable bonds is 10. The summed E-state index contributed by atoms with van der Waals surface area (Å²) in [6.45, 7) is 0.601. The molecule has 0 unspecified atom stereocenters. The molecule has 4 rings (SSSR count). The maximum Gasteiger partial charge on any atom is 0.184 e. The van der Waals surface area contributed by atoms with Crippen LogP contribution in [-0.4, -0.2) is 47.5 Å². The minimum atomic E-state index is -1.26. The van der Waals surface area contributed by atoms with Crippen molar-refractivity contribution in [2.75, 3.05) is 6.61 Å². The van der Waals surface area contributed by atoms with E-state index >= 15 is 0 Å². The van der Waals surface area contributed by atoms with Crippen LogP contribution in [0.5, 0.6) is 0 Å². The summed E-state index contributed by atoms with van der Waals surface area (Å²) in [5.41, 5.74) is 2.95.